The van der Waals surface area contributed by atoms with Crippen molar-refractivity contribution in [2.45, 2.75) is 38.5 Å². The summed E-state index contributed by atoms with van der Waals surface area (Å²) in [7, 11) is 0. The summed E-state index contributed by atoms with van der Waals surface area (Å²) in [5.41, 5.74) is 0.598. The molecule has 2 aliphatic rings. The van der Waals surface area contributed by atoms with Gasteiger partial charge in [-0.3, -0.25) is 9.59 Å². The highest BCUT2D eigenvalue weighted by Crippen LogP contribution is 2.12. The molecule has 3 nitrogen and oxygen atoms in total. The van der Waals surface area contributed by atoms with Crippen LogP contribution in [-0.2, 0) is 9.59 Å². The monoisotopic (exact) mass is 222 g/mol. The number of Topliss-reactive ketones (excluding diaryl/α,β-unsaturated/α-hetero) is 1. The zero-order valence-corrected chi connectivity index (χ0v) is 9.45. The molecule has 1 N–H and O–H groups in total. The largest absolute Gasteiger partial charge is 0.392 e. The number of allylic oxidation sites excluding steroid dienone is 3. The lowest BCUT2D eigenvalue weighted by atomic mass is 9.99. The molecule has 0 amide bonds. The predicted octanol–water partition coefficient (Wildman–Crippen LogP) is 1.95. The summed E-state index contributed by atoms with van der Waals surface area (Å²) in [6.45, 7) is -0.0845. The topological polar surface area (TPSA) is 54.4 Å². The van der Waals surface area contributed by atoms with E-state index in [2.05, 4.69) is 0 Å². The van der Waals surface area contributed by atoms with Crippen LogP contribution in [0.1, 0.15) is 38.5 Å². The Labute approximate surface area is 95.9 Å². The highest BCUT2D eigenvalue weighted by atomic mass is 16.3. The van der Waals surface area contributed by atoms with Crippen molar-refractivity contribution in [2.75, 3.05) is 6.61 Å². The summed E-state index contributed by atoms with van der Waals surface area (Å²) < 4.78 is 0. The van der Waals surface area contributed by atoms with Gasteiger partial charge in [-0.15, -0.1) is 0 Å². The van der Waals surface area contributed by atoms with E-state index in [0.717, 1.165) is 32.1 Å². The lowest BCUT2D eigenvalue weighted by Crippen LogP contribution is -2.09. The van der Waals surface area contributed by atoms with Gasteiger partial charge in [0.15, 0.2) is 11.6 Å². The lowest BCUT2D eigenvalue weighted by molar-refractivity contribution is -0.116. The van der Waals surface area contributed by atoms with Crippen molar-refractivity contribution in [1.29, 1.82) is 0 Å². The van der Waals surface area contributed by atoms with Crippen molar-refractivity contribution in [3.8, 4) is 0 Å². The smallest absolute Gasteiger partial charge is 0.160 e. The predicted molar refractivity (Wildman–Crippen MR) is 62.0 cm³/mol. The van der Waals surface area contributed by atoms with Crippen LogP contribution >= 0.6 is 0 Å². The second kappa shape index (κ2) is 7.12. The van der Waals surface area contributed by atoms with E-state index in [1.54, 1.807) is 6.08 Å². The third kappa shape index (κ3) is 4.53. The second-order valence-electron chi connectivity index (χ2n) is 3.96. The molecule has 0 radical (unpaired) electrons. The van der Waals surface area contributed by atoms with Crippen molar-refractivity contribution >= 4 is 11.6 Å². The fourth-order valence-electron chi connectivity index (χ4n) is 1.66. The van der Waals surface area contributed by atoms with Crippen molar-refractivity contribution in [2.24, 2.45) is 0 Å². The highest BCUT2D eigenvalue weighted by Gasteiger charge is 2.10. The molecular weight excluding hydrogens is 204 g/mol. The molecule has 0 unspecified atom stereocenters. The van der Waals surface area contributed by atoms with Crippen LogP contribution in [0.2, 0.25) is 0 Å². The Morgan fingerprint density at radius 3 is 2.25 bits per heavy atom. The zero-order chi connectivity index (χ0) is 11.8. The molecule has 0 aromatic heterocycles. The van der Waals surface area contributed by atoms with Crippen LogP contribution in [0.3, 0.4) is 0 Å². The van der Waals surface area contributed by atoms with Crippen molar-refractivity contribution in [1.82, 2.24) is 0 Å². The highest BCUT2D eigenvalue weighted by molar-refractivity contribution is 5.96. The molecule has 0 heterocycles. The SMILES string of the molecule is O=C1C=CCCC1.O=C1CCCC=C1CO. The summed E-state index contributed by atoms with van der Waals surface area (Å²) in [6, 6.07) is 0. The summed E-state index contributed by atoms with van der Waals surface area (Å²) >= 11 is 0. The maximum absolute atomic E-state index is 10.8. The van der Waals surface area contributed by atoms with Gasteiger partial charge in [-0.1, -0.05) is 12.2 Å². The summed E-state index contributed by atoms with van der Waals surface area (Å²) in [6.07, 6.45) is 10.8. The van der Waals surface area contributed by atoms with Crippen LogP contribution in [-0.4, -0.2) is 23.3 Å². The Morgan fingerprint density at radius 1 is 1.12 bits per heavy atom. The zero-order valence-electron chi connectivity index (χ0n) is 9.45. The molecule has 0 aliphatic heterocycles. The minimum atomic E-state index is -0.0845. The van der Waals surface area contributed by atoms with Gasteiger partial charge in [-0.05, 0) is 31.8 Å². The second-order valence-corrected chi connectivity index (χ2v) is 3.96. The molecule has 2 aliphatic carbocycles. The molecule has 0 spiro atoms. The van der Waals surface area contributed by atoms with Crippen molar-refractivity contribution in [3.05, 3.63) is 23.8 Å². The maximum atomic E-state index is 10.8. The Kier molecular flexibility index (Phi) is 5.72. The summed E-state index contributed by atoms with van der Waals surface area (Å²) in [5, 5.41) is 8.57. The van der Waals surface area contributed by atoms with Crippen LogP contribution in [0.15, 0.2) is 23.8 Å². The molecule has 0 bridgehead atoms. The molecular formula is C13H18O3. The van der Waals surface area contributed by atoms with E-state index >= 15 is 0 Å². The average molecular weight is 222 g/mol. The normalized spacial score (nSPS) is 19.9. The Bertz CT molecular complexity index is 313. The molecule has 0 saturated carbocycles. The minimum absolute atomic E-state index is 0.0845. The van der Waals surface area contributed by atoms with Gasteiger partial charge < -0.3 is 5.11 Å². The minimum Gasteiger partial charge on any atom is -0.392 e. The maximum Gasteiger partial charge on any atom is 0.160 e. The third-order valence-electron chi connectivity index (χ3n) is 2.62. The molecule has 2 rings (SSSR count). The molecule has 0 fully saturated rings. The van der Waals surface area contributed by atoms with Gasteiger partial charge in [-0.25, -0.2) is 0 Å². The van der Waals surface area contributed by atoms with E-state index in [-0.39, 0.29) is 18.2 Å². The fourth-order valence-corrected chi connectivity index (χ4v) is 1.66. The quantitative estimate of drug-likeness (QED) is 0.737. The first-order chi connectivity index (χ1) is 7.74. The Balaban J connectivity index is 0.000000165. The fraction of sp³-hybridized carbons (Fsp3) is 0.538. The number of ketones is 2. The van der Waals surface area contributed by atoms with Gasteiger partial charge in [0.2, 0.25) is 0 Å². The van der Waals surface area contributed by atoms with Crippen LogP contribution in [0.4, 0.5) is 0 Å². The first-order valence-electron chi connectivity index (χ1n) is 5.76. The Morgan fingerprint density at radius 2 is 1.88 bits per heavy atom. The molecule has 88 valence electrons. The van der Waals surface area contributed by atoms with Gasteiger partial charge in [0.25, 0.3) is 0 Å². The van der Waals surface area contributed by atoms with Crippen LogP contribution in [0.5, 0.6) is 0 Å². The average Bonchev–Trinajstić information content (AvgIpc) is 2.31. The van der Waals surface area contributed by atoms with Gasteiger partial charge in [-0.2, -0.15) is 0 Å². The number of hydrogen-bond donors (Lipinski definition) is 1. The first kappa shape index (κ1) is 12.8. The molecule has 0 aromatic carbocycles. The number of carbonyl (C=O) groups is 2. The van der Waals surface area contributed by atoms with E-state index in [4.69, 9.17) is 5.11 Å². The number of aliphatic hydroxyl groups is 1. The van der Waals surface area contributed by atoms with Gasteiger partial charge in [0.1, 0.15) is 0 Å². The number of aliphatic hydroxyl groups excluding tert-OH is 1. The van der Waals surface area contributed by atoms with Gasteiger partial charge in [0, 0.05) is 18.4 Å². The van der Waals surface area contributed by atoms with Crippen LogP contribution in [0.25, 0.3) is 0 Å². The standard InChI is InChI=1S/C7H10O2.C6H8O/c8-5-6-3-1-2-4-7(6)9;7-6-4-2-1-3-5-6/h3,8H,1-2,4-5H2;2,4H,1,3,5H2. The first-order valence-corrected chi connectivity index (χ1v) is 5.76. The van der Waals surface area contributed by atoms with Crippen LogP contribution in [0, 0.1) is 0 Å². The summed E-state index contributed by atoms with van der Waals surface area (Å²) in [5.74, 6) is 0.398. The van der Waals surface area contributed by atoms with E-state index in [9.17, 15) is 9.59 Å². The van der Waals surface area contributed by atoms with E-state index in [1.807, 2.05) is 12.2 Å². The van der Waals surface area contributed by atoms with Crippen LogP contribution < -0.4 is 0 Å². The van der Waals surface area contributed by atoms with E-state index in [0.29, 0.717) is 12.0 Å². The molecule has 3 heteroatoms. The number of rotatable bonds is 1. The van der Waals surface area contributed by atoms with Gasteiger partial charge in [0.05, 0.1) is 6.61 Å². The molecule has 0 aromatic rings. The van der Waals surface area contributed by atoms with Crippen molar-refractivity contribution < 1.29 is 14.7 Å². The van der Waals surface area contributed by atoms with Gasteiger partial charge >= 0.3 is 0 Å². The van der Waals surface area contributed by atoms with E-state index < -0.39 is 0 Å². The number of carbonyl (C=O) groups excluding carboxylic acids is 2. The lowest BCUT2D eigenvalue weighted by Gasteiger charge is -2.07. The third-order valence-corrected chi connectivity index (χ3v) is 2.62. The molecule has 0 atom stereocenters. The van der Waals surface area contributed by atoms with E-state index in [1.165, 1.54) is 0 Å². The summed E-state index contributed by atoms with van der Waals surface area (Å²) in [4.78, 5) is 21.2. The van der Waals surface area contributed by atoms with Crippen molar-refractivity contribution in [3.63, 3.8) is 0 Å². The Hall–Kier alpha value is -1.22. The molecule has 0 saturated heterocycles. The number of hydrogen-bond acceptors (Lipinski definition) is 3. The molecule has 16 heavy (non-hydrogen) atoms.